The lowest BCUT2D eigenvalue weighted by Gasteiger charge is -2.31. The third-order valence-electron chi connectivity index (χ3n) is 6.65. The molecule has 2 amide bonds. The molecule has 0 bridgehead atoms. The zero-order chi connectivity index (χ0) is 25.6. The molecule has 0 radical (unpaired) electrons. The lowest BCUT2D eigenvalue weighted by Crippen LogP contribution is -2.36. The van der Waals surface area contributed by atoms with E-state index in [0.717, 1.165) is 46.4 Å². The zero-order valence-corrected chi connectivity index (χ0v) is 20.8. The van der Waals surface area contributed by atoms with Gasteiger partial charge in [0.15, 0.2) is 0 Å². The minimum Gasteiger partial charge on any atom is -0.353 e. The Labute approximate surface area is 213 Å². The van der Waals surface area contributed by atoms with Gasteiger partial charge in [0.25, 0.3) is 5.91 Å². The highest BCUT2D eigenvalue weighted by molar-refractivity contribution is 9.10. The Morgan fingerprint density at radius 1 is 1.06 bits per heavy atom. The molecule has 0 aliphatic carbocycles. The van der Waals surface area contributed by atoms with Gasteiger partial charge in [-0.25, -0.2) is 0 Å². The number of carbonyl (C=O) groups excluding carboxylic acids is 2. The molecule has 0 saturated carbocycles. The van der Waals surface area contributed by atoms with Gasteiger partial charge in [0, 0.05) is 63.6 Å². The van der Waals surface area contributed by atoms with Crippen molar-refractivity contribution in [2.45, 2.75) is 31.9 Å². The van der Waals surface area contributed by atoms with Gasteiger partial charge < -0.3 is 15.2 Å². The Kier molecular flexibility index (Phi) is 6.23. The van der Waals surface area contributed by atoms with Crippen molar-refractivity contribution in [3.05, 3.63) is 70.0 Å². The fourth-order valence-corrected chi connectivity index (χ4v) is 5.16. The normalized spacial score (nSPS) is 15.0. The maximum atomic E-state index is 13.2. The number of piperidine rings is 1. The number of benzene rings is 2. The number of nitrogens with zero attached hydrogens (tertiary/aromatic N) is 2. The molecule has 0 atom stereocenters. The predicted octanol–water partition coefficient (Wildman–Crippen LogP) is 6.48. The van der Waals surface area contributed by atoms with E-state index in [0.29, 0.717) is 18.8 Å². The van der Waals surface area contributed by atoms with Crippen LogP contribution in [-0.2, 0) is 11.0 Å². The number of halogens is 4. The van der Waals surface area contributed by atoms with E-state index >= 15 is 0 Å². The highest BCUT2D eigenvalue weighted by Gasteiger charge is 2.33. The van der Waals surface area contributed by atoms with Crippen molar-refractivity contribution in [1.29, 1.82) is 0 Å². The standard InChI is InChI=1S/C26H22BrF3N4O2/c1-14(35)34-8-6-15(7-9-34)23-12-19-18-11-17(3-5-22(18)33-24(19)13-31-23)32-25(36)16-2-4-21(27)20(10-16)26(28,29)30/h2-5,10-13,15,33H,6-9H2,1H3,(H,32,36). The number of anilines is 1. The molecule has 2 aromatic carbocycles. The number of H-pyrrole nitrogens is 1. The van der Waals surface area contributed by atoms with Crippen LogP contribution in [0, 0.1) is 0 Å². The van der Waals surface area contributed by atoms with Crippen LogP contribution in [-0.4, -0.2) is 39.8 Å². The summed E-state index contributed by atoms with van der Waals surface area (Å²) < 4.78 is 39.6. The molecule has 10 heteroatoms. The topological polar surface area (TPSA) is 78.1 Å². The fourth-order valence-electron chi connectivity index (χ4n) is 4.69. The van der Waals surface area contributed by atoms with Gasteiger partial charge in [-0.2, -0.15) is 13.2 Å². The van der Waals surface area contributed by atoms with Gasteiger partial charge in [0.05, 0.1) is 17.3 Å². The van der Waals surface area contributed by atoms with E-state index in [2.05, 4.69) is 31.2 Å². The molecule has 186 valence electrons. The molecule has 1 aliphatic heterocycles. The molecular weight excluding hydrogens is 537 g/mol. The summed E-state index contributed by atoms with van der Waals surface area (Å²) in [5, 5.41) is 4.53. The third-order valence-corrected chi connectivity index (χ3v) is 7.35. The molecule has 1 saturated heterocycles. The van der Waals surface area contributed by atoms with Crippen LogP contribution in [0.5, 0.6) is 0 Å². The van der Waals surface area contributed by atoms with Crippen LogP contribution in [0.15, 0.2) is 53.1 Å². The molecule has 1 aliphatic rings. The number of aromatic amines is 1. The van der Waals surface area contributed by atoms with Crippen molar-refractivity contribution in [2.24, 2.45) is 0 Å². The van der Waals surface area contributed by atoms with Crippen molar-refractivity contribution in [1.82, 2.24) is 14.9 Å². The van der Waals surface area contributed by atoms with Crippen LogP contribution < -0.4 is 5.32 Å². The van der Waals surface area contributed by atoms with Crippen LogP contribution in [0.25, 0.3) is 21.8 Å². The Morgan fingerprint density at radius 3 is 2.47 bits per heavy atom. The number of nitrogens with one attached hydrogen (secondary N) is 2. The smallest absolute Gasteiger partial charge is 0.353 e. The molecule has 5 rings (SSSR count). The Balaban J connectivity index is 1.42. The first-order chi connectivity index (χ1) is 17.1. The van der Waals surface area contributed by atoms with E-state index in [1.54, 1.807) is 25.3 Å². The first-order valence-corrected chi connectivity index (χ1v) is 12.2. The van der Waals surface area contributed by atoms with Crippen molar-refractivity contribution < 1.29 is 22.8 Å². The minimum atomic E-state index is -4.58. The number of aromatic nitrogens is 2. The minimum absolute atomic E-state index is 0.0841. The van der Waals surface area contributed by atoms with Gasteiger partial charge in [-0.1, -0.05) is 15.9 Å². The summed E-state index contributed by atoms with van der Waals surface area (Å²) in [6, 6.07) is 10.8. The van der Waals surface area contributed by atoms with Gasteiger partial charge in [-0.05, 0) is 55.3 Å². The van der Waals surface area contributed by atoms with E-state index in [1.807, 2.05) is 17.0 Å². The summed E-state index contributed by atoms with van der Waals surface area (Å²) >= 11 is 2.89. The highest BCUT2D eigenvalue weighted by Crippen LogP contribution is 2.36. The van der Waals surface area contributed by atoms with Gasteiger partial charge in [-0.3, -0.25) is 14.6 Å². The number of amides is 2. The fraction of sp³-hybridized carbons (Fsp3) is 0.269. The Hall–Kier alpha value is -3.40. The van der Waals surface area contributed by atoms with Crippen molar-refractivity contribution in [3.8, 4) is 0 Å². The summed E-state index contributed by atoms with van der Waals surface area (Å²) in [6.07, 6.45) is -1.10. The quantitative estimate of drug-likeness (QED) is 0.302. The van der Waals surface area contributed by atoms with Crippen LogP contribution in [0.3, 0.4) is 0 Å². The first-order valence-electron chi connectivity index (χ1n) is 11.4. The Morgan fingerprint density at radius 2 is 1.78 bits per heavy atom. The largest absolute Gasteiger partial charge is 0.417 e. The molecule has 2 aromatic heterocycles. The van der Waals surface area contributed by atoms with Crippen molar-refractivity contribution in [2.75, 3.05) is 18.4 Å². The summed E-state index contributed by atoms with van der Waals surface area (Å²) in [4.78, 5) is 34.2. The van der Waals surface area contributed by atoms with E-state index in [4.69, 9.17) is 0 Å². The maximum absolute atomic E-state index is 13.2. The lowest BCUT2D eigenvalue weighted by atomic mass is 9.92. The number of carbonyl (C=O) groups is 2. The lowest BCUT2D eigenvalue weighted by molar-refractivity contribution is -0.138. The molecule has 0 unspecified atom stereocenters. The van der Waals surface area contributed by atoms with Crippen LogP contribution >= 0.6 is 15.9 Å². The molecule has 1 fully saturated rings. The van der Waals surface area contributed by atoms with Gasteiger partial charge in [-0.15, -0.1) is 0 Å². The molecular formula is C26H22BrF3N4O2. The number of pyridine rings is 1. The first kappa shape index (κ1) is 24.3. The average Bonchev–Trinajstić information content (AvgIpc) is 3.21. The molecule has 4 aromatic rings. The third kappa shape index (κ3) is 4.69. The van der Waals surface area contributed by atoms with Crippen LogP contribution in [0.2, 0.25) is 0 Å². The van der Waals surface area contributed by atoms with Crippen molar-refractivity contribution in [3.63, 3.8) is 0 Å². The van der Waals surface area contributed by atoms with E-state index in [-0.39, 0.29) is 21.9 Å². The number of hydrogen-bond donors (Lipinski definition) is 2. The number of likely N-dealkylation sites (tertiary alicyclic amines) is 1. The Bertz CT molecular complexity index is 1490. The number of alkyl halides is 3. The second-order valence-electron chi connectivity index (χ2n) is 8.97. The monoisotopic (exact) mass is 558 g/mol. The van der Waals surface area contributed by atoms with Gasteiger partial charge in [0.1, 0.15) is 0 Å². The summed E-state index contributed by atoms with van der Waals surface area (Å²) in [6.45, 7) is 2.99. The second-order valence-corrected chi connectivity index (χ2v) is 9.82. The summed E-state index contributed by atoms with van der Waals surface area (Å²) in [5.74, 6) is -0.300. The molecule has 6 nitrogen and oxygen atoms in total. The molecule has 3 heterocycles. The molecule has 0 spiro atoms. The number of rotatable bonds is 3. The van der Waals surface area contributed by atoms with E-state index < -0.39 is 17.6 Å². The van der Waals surface area contributed by atoms with Gasteiger partial charge in [0.2, 0.25) is 5.91 Å². The van der Waals surface area contributed by atoms with E-state index in [1.165, 1.54) is 12.1 Å². The number of fused-ring (bicyclic) bond motifs is 3. The van der Waals surface area contributed by atoms with Gasteiger partial charge >= 0.3 is 6.18 Å². The van der Waals surface area contributed by atoms with Crippen molar-refractivity contribution >= 4 is 55.2 Å². The van der Waals surface area contributed by atoms with Crippen LogP contribution in [0.1, 0.15) is 47.3 Å². The summed E-state index contributed by atoms with van der Waals surface area (Å²) in [7, 11) is 0. The van der Waals surface area contributed by atoms with Crippen LogP contribution in [0.4, 0.5) is 18.9 Å². The maximum Gasteiger partial charge on any atom is 0.417 e. The molecule has 2 N–H and O–H groups in total. The zero-order valence-electron chi connectivity index (χ0n) is 19.2. The average molecular weight is 559 g/mol. The predicted molar refractivity (Wildman–Crippen MR) is 135 cm³/mol. The second kappa shape index (κ2) is 9.24. The number of hydrogen-bond acceptors (Lipinski definition) is 3. The highest BCUT2D eigenvalue weighted by atomic mass is 79.9. The van der Waals surface area contributed by atoms with E-state index in [9.17, 15) is 22.8 Å². The SMILES string of the molecule is CC(=O)N1CCC(c2cc3c(cn2)[nH]c2ccc(NC(=O)c4ccc(Br)c(C(F)(F)F)c4)cc23)CC1. The summed E-state index contributed by atoms with van der Waals surface area (Å²) in [5.41, 5.74) is 2.13. The molecule has 36 heavy (non-hydrogen) atoms.